The van der Waals surface area contributed by atoms with Gasteiger partial charge in [0.2, 0.25) is 5.91 Å². The average Bonchev–Trinajstić information content (AvgIpc) is 2.89. The number of hydrogen-bond donors (Lipinski definition) is 1. The van der Waals surface area contributed by atoms with Gasteiger partial charge in [0.25, 0.3) is 0 Å². The second-order valence-corrected chi connectivity index (χ2v) is 7.88. The van der Waals surface area contributed by atoms with Gasteiger partial charge in [-0.2, -0.15) is 5.10 Å². The molecule has 1 aromatic heterocycles. The molecule has 2 aromatic rings. The van der Waals surface area contributed by atoms with Gasteiger partial charge in [0.05, 0.1) is 6.20 Å². The van der Waals surface area contributed by atoms with Gasteiger partial charge >= 0.3 is 0 Å². The van der Waals surface area contributed by atoms with Crippen LogP contribution in [0.25, 0.3) is 0 Å². The third-order valence-corrected chi connectivity index (χ3v) is 5.26. The molecule has 0 bridgehead atoms. The maximum absolute atomic E-state index is 13.2. The molecule has 2 heterocycles. The Morgan fingerprint density at radius 2 is 2.09 bits per heavy atom. The molecule has 0 aliphatic carbocycles. The number of hydrogen-bond acceptors (Lipinski definition) is 3. The molecule has 1 N–H and O–H groups in total. The average molecular weight is 329 g/mol. The van der Waals surface area contributed by atoms with Crippen molar-refractivity contribution in [3.63, 3.8) is 0 Å². The van der Waals surface area contributed by atoms with Crippen LogP contribution in [0.15, 0.2) is 36.5 Å². The molecular formula is C18H23N3OS. The molecule has 3 rings (SSSR count). The van der Waals surface area contributed by atoms with E-state index in [2.05, 4.69) is 24.0 Å². The predicted octanol–water partition coefficient (Wildman–Crippen LogP) is 3.42. The number of rotatable bonds is 3. The monoisotopic (exact) mass is 329 g/mol. The summed E-state index contributed by atoms with van der Waals surface area (Å²) >= 11 is 1.60. The first-order chi connectivity index (χ1) is 11.0. The van der Waals surface area contributed by atoms with Crippen molar-refractivity contribution in [2.75, 3.05) is 12.8 Å². The third-order valence-electron chi connectivity index (χ3n) is 4.32. The molecule has 0 saturated heterocycles. The maximum atomic E-state index is 13.2. The molecule has 1 aliphatic rings. The number of thioether (sulfide) groups is 1. The Morgan fingerprint density at radius 1 is 1.35 bits per heavy atom. The van der Waals surface area contributed by atoms with Crippen molar-refractivity contribution in [1.82, 2.24) is 15.1 Å². The largest absolute Gasteiger partial charge is 0.336 e. The lowest BCUT2D eigenvalue weighted by atomic mass is 9.87. The Hall–Kier alpha value is -1.75. The summed E-state index contributed by atoms with van der Waals surface area (Å²) in [6, 6.07) is 10.0. The van der Waals surface area contributed by atoms with Gasteiger partial charge in [-0.1, -0.05) is 44.2 Å². The smallest absolute Gasteiger partial charge is 0.240 e. The van der Waals surface area contributed by atoms with E-state index in [-0.39, 0.29) is 16.6 Å². The number of H-pyrrole nitrogens is 1. The molecule has 122 valence electrons. The summed E-state index contributed by atoms with van der Waals surface area (Å²) in [7, 11) is 0. The summed E-state index contributed by atoms with van der Waals surface area (Å²) in [5, 5.41) is 7.10. The number of amides is 1. The van der Waals surface area contributed by atoms with E-state index < -0.39 is 0 Å². The topological polar surface area (TPSA) is 49.0 Å². The van der Waals surface area contributed by atoms with Gasteiger partial charge in [-0.25, -0.2) is 0 Å². The lowest BCUT2D eigenvalue weighted by Crippen LogP contribution is -2.39. The van der Waals surface area contributed by atoms with Gasteiger partial charge < -0.3 is 4.90 Å². The van der Waals surface area contributed by atoms with Crippen molar-refractivity contribution in [2.45, 2.75) is 32.1 Å². The SMILES string of the molecule is CSC(C(=O)N1Cc2cn[nH]c2CC(C)(C)C1)c1ccccc1. The van der Waals surface area contributed by atoms with Gasteiger partial charge in [-0.3, -0.25) is 9.89 Å². The fraction of sp³-hybridized carbons (Fsp3) is 0.444. The van der Waals surface area contributed by atoms with Crippen LogP contribution in [0.3, 0.4) is 0 Å². The summed E-state index contributed by atoms with van der Waals surface area (Å²) in [5.41, 5.74) is 3.40. The Morgan fingerprint density at radius 3 is 2.78 bits per heavy atom. The molecule has 1 atom stereocenters. The van der Waals surface area contributed by atoms with E-state index in [0.29, 0.717) is 6.54 Å². The fourth-order valence-electron chi connectivity index (χ4n) is 3.27. The highest BCUT2D eigenvalue weighted by atomic mass is 32.2. The first kappa shape index (κ1) is 16.1. The quantitative estimate of drug-likeness (QED) is 0.938. The minimum atomic E-state index is -0.152. The van der Waals surface area contributed by atoms with Crippen molar-refractivity contribution in [1.29, 1.82) is 0 Å². The number of benzene rings is 1. The van der Waals surface area contributed by atoms with Crippen LogP contribution in [-0.2, 0) is 17.8 Å². The van der Waals surface area contributed by atoms with E-state index in [9.17, 15) is 4.79 Å². The van der Waals surface area contributed by atoms with E-state index >= 15 is 0 Å². The zero-order valence-corrected chi connectivity index (χ0v) is 14.7. The lowest BCUT2D eigenvalue weighted by Gasteiger charge is -2.32. The van der Waals surface area contributed by atoms with Crippen LogP contribution in [0.4, 0.5) is 0 Å². The van der Waals surface area contributed by atoms with E-state index in [1.54, 1.807) is 11.8 Å². The molecule has 1 aromatic carbocycles. The van der Waals surface area contributed by atoms with Crippen molar-refractivity contribution in [3.8, 4) is 0 Å². The van der Waals surface area contributed by atoms with Crippen LogP contribution in [-0.4, -0.2) is 33.8 Å². The van der Waals surface area contributed by atoms with Crippen molar-refractivity contribution < 1.29 is 4.79 Å². The Kier molecular flexibility index (Phi) is 4.48. The van der Waals surface area contributed by atoms with Gasteiger partial charge in [-0.05, 0) is 23.7 Å². The fourth-order valence-corrected chi connectivity index (χ4v) is 4.05. The van der Waals surface area contributed by atoms with Crippen LogP contribution in [0.1, 0.15) is 35.9 Å². The van der Waals surface area contributed by atoms with Gasteiger partial charge in [0.1, 0.15) is 5.25 Å². The highest BCUT2D eigenvalue weighted by molar-refractivity contribution is 7.99. The van der Waals surface area contributed by atoms with Crippen LogP contribution in [0.2, 0.25) is 0 Å². The number of nitrogens with one attached hydrogen (secondary N) is 1. The van der Waals surface area contributed by atoms with E-state index in [0.717, 1.165) is 29.8 Å². The number of carbonyl (C=O) groups excluding carboxylic acids is 1. The van der Waals surface area contributed by atoms with Crippen LogP contribution >= 0.6 is 11.8 Å². The van der Waals surface area contributed by atoms with Gasteiger partial charge in [0, 0.05) is 24.3 Å². The zero-order chi connectivity index (χ0) is 16.4. The summed E-state index contributed by atoms with van der Waals surface area (Å²) < 4.78 is 0. The highest BCUT2D eigenvalue weighted by Crippen LogP contribution is 2.34. The molecule has 1 unspecified atom stereocenters. The van der Waals surface area contributed by atoms with Crippen LogP contribution in [0, 0.1) is 5.41 Å². The van der Waals surface area contributed by atoms with Gasteiger partial charge in [0.15, 0.2) is 0 Å². The number of fused-ring (bicyclic) bond motifs is 1. The molecule has 0 spiro atoms. The van der Waals surface area contributed by atoms with E-state index in [1.807, 2.05) is 47.7 Å². The molecule has 0 saturated carbocycles. The number of aromatic nitrogens is 2. The van der Waals surface area contributed by atoms with E-state index in [4.69, 9.17) is 0 Å². The minimum absolute atomic E-state index is 0.0348. The summed E-state index contributed by atoms with van der Waals surface area (Å²) in [6.07, 6.45) is 4.77. The van der Waals surface area contributed by atoms with Crippen molar-refractivity contribution >= 4 is 17.7 Å². The highest BCUT2D eigenvalue weighted by Gasteiger charge is 2.34. The normalized spacial score (nSPS) is 18.1. The van der Waals surface area contributed by atoms with Crippen molar-refractivity contribution in [3.05, 3.63) is 53.3 Å². The zero-order valence-electron chi connectivity index (χ0n) is 13.9. The lowest BCUT2D eigenvalue weighted by molar-refractivity contribution is -0.132. The van der Waals surface area contributed by atoms with Crippen LogP contribution in [0.5, 0.6) is 0 Å². The van der Waals surface area contributed by atoms with Gasteiger partial charge in [-0.15, -0.1) is 11.8 Å². The third kappa shape index (κ3) is 3.44. The second-order valence-electron chi connectivity index (χ2n) is 6.94. The number of nitrogens with zero attached hydrogens (tertiary/aromatic N) is 2. The first-order valence-corrected chi connectivity index (χ1v) is 9.16. The second kappa shape index (κ2) is 6.40. The molecule has 23 heavy (non-hydrogen) atoms. The Labute approximate surface area is 141 Å². The Balaban J connectivity index is 1.89. The van der Waals surface area contributed by atoms with Crippen molar-refractivity contribution in [2.24, 2.45) is 5.41 Å². The van der Waals surface area contributed by atoms with Crippen LogP contribution < -0.4 is 0 Å². The standard InChI is InChI=1S/C18H23N3OS/c1-18(2)9-15-14(10-19-20-15)11-21(12-18)17(22)16(23-3)13-7-5-4-6-8-13/h4-8,10,16H,9,11-12H2,1-3H3,(H,19,20). The number of carbonyl (C=O) groups is 1. The molecule has 0 radical (unpaired) electrons. The molecule has 1 amide bonds. The number of aromatic amines is 1. The maximum Gasteiger partial charge on any atom is 0.240 e. The van der Waals surface area contributed by atoms with E-state index in [1.165, 1.54) is 0 Å². The minimum Gasteiger partial charge on any atom is -0.336 e. The summed E-state index contributed by atoms with van der Waals surface area (Å²) in [4.78, 5) is 15.2. The predicted molar refractivity (Wildman–Crippen MR) is 94.2 cm³/mol. The molecule has 1 aliphatic heterocycles. The molecule has 5 heteroatoms. The molecule has 4 nitrogen and oxygen atoms in total. The summed E-state index contributed by atoms with van der Waals surface area (Å²) in [6.45, 7) is 5.82. The molecular weight excluding hydrogens is 306 g/mol. The molecule has 0 fully saturated rings. The summed E-state index contributed by atoms with van der Waals surface area (Å²) in [5.74, 6) is 0.186. The Bertz CT molecular complexity index is 681. The first-order valence-electron chi connectivity index (χ1n) is 7.88.